The van der Waals surface area contributed by atoms with Gasteiger partial charge >= 0.3 is 0 Å². The molecule has 3 fully saturated rings. The van der Waals surface area contributed by atoms with Crippen molar-refractivity contribution in [1.29, 1.82) is 0 Å². The second-order valence-electron chi connectivity index (χ2n) is 22.3. The summed E-state index contributed by atoms with van der Waals surface area (Å²) in [4.78, 5) is 3.56. The van der Waals surface area contributed by atoms with Gasteiger partial charge in [-0.15, -0.1) is 11.3 Å². The minimum Gasteiger partial charge on any atom is -0.379 e. The molecule has 338 valence electrons. The maximum Gasteiger partial charge on any atom is 0.137 e. The molecule has 0 bridgehead atoms. The van der Waals surface area contributed by atoms with Crippen molar-refractivity contribution in [3.05, 3.63) is 48.4 Å². The van der Waals surface area contributed by atoms with Crippen LogP contribution >= 0.6 is 11.3 Å². The van der Waals surface area contributed by atoms with Gasteiger partial charge in [0.15, 0.2) is 0 Å². The van der Waals surface area contributed by atoms with E-state index in [0.717, 1.165) is 52.5 Å². The van der Waals surface area contributed by atoms with E-state index in [9.17, 15) is 0 Å². The number of aromatic nitrogens is 3. The van der Waals surface area contributed by atoms with Crippen molar-refractivity contribution < 1.29 is 4.74 Å². The molecular formula is C48H99N7OS. The summed E-state index contributed by atoms with van der Waals surface area (Å²) in [6, 6.07) is 10.5. The third-order valence-corrected chi connectivity index (χ3v) is 5.60. The Kier molecular flexibility index (Phi) is 40.3. The van der Waals surface area contributed by atoms with Gasteiger partial charge in [-0.1, -0.05) is 163 Å². The maximum absolute atomic E-state index is 5.01. The molecule has 0 amide bonds. The van der Waals surface area contributed by atoms with Crippen LogP contribution in [0.4, 0.5) is 0 Å². The summed E-state index contributed by atoms with van der Waals surface area (Å²) < 4.78 is 6.38. The van der Waals surface area contributed by atoms with Crippen LogP contribution in [0.3, 0.4) is 0 Å². The summed E-state index contributed by atoms with van der Waals surface area (Å²) in [6.45, 7) is 54.6. The van der Waals surface area contributed by atoms with Crippen LogP contribution in [-0.2, 0) is 4.74 Å². The monoisotopic (exact) mass is 822 g/mol. The van der Waals surface area contributed by atoms with Crippen LogP contribution in [0.15, 0.2) is 48.4 Å². The summed E-state index contributed by atoms with van der Waals surface area (Å²) >= 11 is 1.79. The predicted octanol–water partition coefficient (Wildman–Crippen LogP) is 12.5. The number of piperazine rings is 1. The molecule has 0 saturated carbocycles. The number of fused-ring (bicyclic) bond motifs is 1. The molecule has 8 nitrogen and oxygen atoms in total. The molecular weight excluding hydrogens is 723 g/mol. The molecule has 3 saturated heterocycles. The van der Waals surface area contributed by atoms with Crippen molar-refractivity contribution in [3.63, 3.8) is 0 Å². The van der Waals surface area contributed by atoms with E-state index >= 15 is 0 Å². The third kappa shape index (κ3) is 101. The molecule has 0 aliphatic carbocycles. The third-order valence-electron chi connectivity index (χ3n) is 4.70. The van der Waals surface area contributed by atoms with Crippen molar-refractivity contribution >= 4 is 21.4 Å². The lowest BCUT2D eigenvalue weighted by Crippen LogP contribution is -2.39. The fourth-order valence-corrected chi connectivity index (χ4v) is 3.78. The molecule has 5 N–H and O–H groups in total. The van der Waals surface area contributed by atoms with Gasteiger partial charge in [0.1, 0.15) is 12.7 Å². The van der Waals surface area contributed by atoms with Gasteiger partial charge in [-0.3, -0.25) is 5.10 Å². The minimum absolute atomic E-state index is 0.500. The Morgan fingerprint density at radius 3 is 1.05 bits per heavy atom. The Morgan fingerprint density at radius 1 is 0.474 bits per heavy atom. The topological polar surface area (TPSA) is 98.9 Å². The van der Waals surface area contributed by atoms with E-state index in [0.29, 0.717) is 27.1 Å². The Bertz CT molecular complexity index is 957. The number of piperidine rings is 1. The highest BCUT2D eigenvalue weighted by Gasteiger charge is 1.98. The summed E-state index contributed by atoms with van der Waals surface area (Å²) in [6.07, 6.45) is 7.17. The van der Waals surface area contributed by atoms with Gasteiger partial charge in [0.05, 0.1) is 13.2 Å². The van der Waals surface area contributed by atoms with E-state index in [1.54, 1.807) is 11.3 Å². The van der Waals surface area contributed by atoms with Gasteiger partial charge in [0.2, 0.25) is 0 Å². The highest BCUT2D eigenvalue weighted by Crippen LogP contribution is 2.19. The summed E-state index contributed by atoms with van der Waals surface area (Å²) in [5, 5.41) is 22.3. The lowest BCUT2D eigenvalue weighted by atomic mass is 10.0. The first kappa shape index (κ1) is 61.8. The van der Waals surface area contributed by atoms with Crippen LogP contribution in [0.25, 0.3) is 10.1 Å². The van der Waals surface area contributed by atoms with E-state index in [-0.39, 0.29) is 0 Å². The zero-order valence-electron chi connectivity index (χ0n) is 41.5. The van der Waals surface area contributed by atoms with Gasteiger partial charge in [-0.05, 0) is 75.9 Å². The number of nitrogens with zero attached hydrogens (tertiary/aromatic N) is 2. The quantitative estimate of drug-likeness (QED) is 0.154. The lowest BCUT2D eigenvalue weighted by Gasteiger charge is -2.11. The van der Waals surface area contributed by atoms with Crippen molar-refractivity contribution in [2.75, 3.05) is 65.6 Å². The maximum atomic E-state index is 5.01. The number of thiophene rings is 1. The average molecular weight is 822 g/mol. The fourth-order valence-electron chi connectivity index (χ4n) is 2.99. The number of H-pyrrole nitrogens is 1. The van der Waals surface area contributed by atoms with E-state index in [4.69, 9.17) is 4.74 Å². The largest absolute Gasteiger partial charge is 0.379 e. The van der Waals surface area contributed by atoms with E-state index in [1.807, 2.05) is 0 Å². The standard InChI is InChI=1S/C8H6S.C5H11N.5C5H12.C4H10N2.C4H9NO.C2H3N3/c1-2-4-8-7(3-1)5-6-9-8;1-2-4-6-5-3-1;5*1-5(2,3)4;1-2-6-4-3-5-1;1-3-6-4-2-5-1;1-3-2-5-4-1/h1-6H;6H,1-5H2;5*1-4H3;5-6H,1-4H2;5H,1-4H2;1-2H,(H,3,4,5). The zero-order chi connectivity index (χ0) is 44.9. The molecule has 0 unspecified atom stereocenters. The minimum atomic E-state index is 0.500. The van der Waals surface area contributed by atoms with Crippen molar-refractivity contribution in [2.24, 2.45) is 27.1 Å². The van der Waals surface area contributed by atoms with Gasteiger partial charge in [-0.25, -0.2) is 4.98 Å². The Hall–Kier alpha value is -1.88. The summed E-state index contributed by atoms with van der Waals surface area (Å²) in [7, 11) is 0. The van der Waals surface area contributed by atoms with Gasteiger partial charge in [0.25, 0.3) is 0 Å². The number of hydrogen-bond donors (Lipinski definition) is 5. The molecule has 0 radical (unpaired) electrons. The smallest absolute Gasteiger partial charge is 0.137 e. The Morgan fingerprint density at radius 2 is 0.842 bits per heavy atom. The average Bonchev–Trinajstić information content (AvgIpc) is 3.81. The van der Waals surface area contributed by atoms with Crippen LogP contribution < -0.4 is 21.3 Å². The molecule has 9 heteroatoms. The molecule has 2 aromatic heterocycles. The second-order valence-corrected chi connectivity index (χ2v) is 23.2. The van der Waals surface area contributed by atoms with Crippen LogP contribution in [0.5, 0.6) is 0 Å². The molecule has 1 aromatic carbocycles. The Labute approximate surface area is 360 Å². The molecule has 5 heterocycles. The first-order valence-corrected chi connectivity index (χ1v) is 22.5. The van der Waals surface area contributed by atoms with E-state index in [2.05, 4.69) is 211 Å². The molecule has 3 aliphatic heterocycles. The van der Waals surface area contributed by atoms with Crippen LogP contribution in [0, 0.1) is 27.1 Å². The van der Waals surface area contributed by atoms with E-state index in [1.165, 1.54) is 55.1 Å². The van der Waals surface area contributed by atoms with E-state index < -0.39 is 0 Å². The highest BCUT2D eigenvalue weighted by atomic mass is 32.1. The van der Waals surface area contributed by atoms with Crippen LogP contribution in [-0.4, -0.2) is 80.8 Å². The van der Waals surface area contributed by atoms with Gasteiger partial charge in [0, 0.05) is 44.0 Å². The first-order valence-electron chi connectivity index (χ1n) is 21.6. The number of morpholine rings is 1. The van der Waals surface area contributed by atoms with Crippen LogP contribution in [0.2, 0.25) is 0 Å². The predicted molar refractivity (Wildman–Crippen MR) is 260 cm³/mol. The highest BCUT2D eigenvalue weighted by molar-refractivity contribution is 7.17. The van der Waals surface area contributed by atoms with Crippen molar-refractivity contribution in [3.8, 4) is 0 Å². The van der Waals surface area contributed by atoms with Gasteiger partial charge in [-0.2, -0.15) is 5.10 Å². The molecule has 6 rings (SSSR count). The number of rotatable bonds is 0. The number of nitrogens with one attached hydrogen (secondary N) is 5. The molecule has 57 heavy (non-hydrogen) atoms. The van der Waals surface area contributed by atoms with Crippen LogP contribution in [0.1, 0.15) is 158 Å². The number of benzene rings is 1. The summed E-state index contributed by atoms with van der Waals surface area (Å²) in [5.74, 6) is 0. The molecule has 3 aliphatic rings. The molecule has 0 atom stereocenters. The number of ether oxygens (including phenoxy) is 1. The number of aromatic amines is 1. The molecule has 3 aromatic rings. The Balaban J connectivity index is -0.000000276. The second kappa shape index (κ2) is 37.1. The SMILES string of the molecule is C1CCNCC1.C1CNCCN1.C1COCCN1.CC(C)(C)C.CC(C)(C)C.CC(C)(C)C.CC(C)(C)C.CC(C)(C)C.c1ccc2sccc2c1.c1nc[nH]n1. The zero-order valence-corrected chi connectivity index (χ0v) is 42.3. The normalized spacial score (nSPS) is 15.2. The lowest BCUT2D eigenvalue weighted by molar-refractivity contribution is 0.109. The number of hydrogen-bond acceptors (Lipinski definition) is 8. The van der Waals surface area contributed by atoms with Crippen molar-refractivity contribution in [2.45, 2.75) is 158 Å². The fraction of sp³-hybridized carbons (Fsp3) is 0.792. The first-order chi connectivity index (χ1) is 26.0. The van der Waals surface area contributed by atoms with Gasteiger partial charge < -0.3 is 26.0 Å². The molecule has 0 spiro atoms. The van der Waals surface area contributed by atoms with Crippen molar-refractivity contribution in [1.82, 2.24) is 36.4 Å². The summed E-state index contributed by atoms with van der Waals surface area (Å²) in [5.41, 5.74) is 2.50.